The molecule has 134 valence electrons. The average molecular weight is 333 g/mol. The maximum absolute atomic E-state index is 12.4. The smallest absolute Gasteiger partial charge is 0.224 e. The summed E-state index contributed by atoms with van der Waals surface area (Å²) in [6, 6.07) is 0.716. The van der Waals surface area contributed by atoms with E-state index in [9.17, 15) is 4.79 Å². The minimum atomic E-state index is 0.160. The first-order valence-electron chi connectivity index (χ1n) is 9.50. The molecule has 24 heavy (non-hydrogen) atoms. The van der Waals surface area contributed by atoms with Gasteiger partial charge in [0.2, 0.25) is 5.91 Å². The minimum Gasteiger partial charge on any atom is -0.354 e. The number of nitrogens with zero attached hydrogens (tertiary/aromatic N) is 4. The average Bonchev–Trinajstić information content (AvgIpc) is 3.00. The molecule has 4 atom stereocenters. The first-order valence-corrected chi connectivity index (χ1v) is 9.50. The van der Waals surface area contributed by atoms with E-state index in [2.05, 4.69) is 33.6 Å². The Bertz CT molecular complexity index is 555. The Morgan fingerprint density at radius 3 is 2.96 bits per heavy atom. The Kier molecular flexibility index (Phi) is 5.54. The summed E-state index contributed by atoms with van der Waals surface area (Å²) in [6.45, 7) is 9.16. The summed E-state index contributed by atoms with van der Waals surface area (Å²) in [7, 11) is 0. The molecule has 0 saturated carbocycles. The fraction of sp³-hybridized carbons (Fsp3) is 0.833. The fourth-order valence-corrected chi connectivity index (χ4v) is 4.13. The molecular weight excluding hydrogens is 302 g/mol. The molecule has 1 aromatic heterocycles. The largest absolute Gasteiger partial charge is 0.354 e. The number of carbonyl (C=O) groups is 1. The molecule has 1 aromatic rings. The van der Waals surface area contributed by atoms with E-state index in [4.69, 9.17) is 0 Å². The maximum atomic E-state index is 12.4. The molecule has 1 N–H and O–H groups in total. The molecule has 4 unspecified atom stereocenters. The van der Waals surface area contributed by atoms with Gasteiger partial charge in [0.1, 0.15) is 0 Å². The Morgan fingerprint density at radius 1 is 1.46 bits per heavy atom. The summed E-state index contributed by atoms with van der Waals surface area (Å²) in [4.78, 5) is 14.9. The summed E-state index contributed by atoms with van der Waals surface area (Å²) in [5.74, 6) is 0.913. The van der Waals surface area contributed by atoms with E-state index in [0.29, 0.717) is 12.0 Å². The van der Waals surface area contributed by atoms with Crippen molar-refractivity contribution in [3.63, 3.8) is 0 Å². The van der Waals surface area contributed by atoms with Crippen molar-refractivity contribution in [1.82, 2.24) is 25.2 Å². The van der Waals surface area contributed by atoms with Gasteiger partial charge in [0.25, 0.3) is 0 Å². The lowest BCUT2D eigenvalue weighted by atomic mass is 9.75. The molecular formula is C18H31N5O. The van der Waals surface area contributed by atoms with Crippen molar-refractivity contribution < 1.29 is 4.79 Å². The number of rotatable bonds is 7. The monoisotopic (exact) mass is 333 g/mol. The van der Waals surface area contributed by atoms with E-state index in [1.165, 1.54) is 12.8 Å². The van der Waals surface area contributed by atoms with Crippen LogP contribution >= 0.6 is 0 Å². The van der Waals surface area contributed by atoms with Gasteiger partial charge in [-0.3, -0.25) is 14.4 Å². The van der Waals surface area contributed by atoms with Crippen LogP contribution in [0.1, 0.15) is 52.1 Å². The van der Waals surface area contributed by atoms with Gasteiger partial charge in [-0.25, -0.2) is 0 Å². The SMILES string of the molecule is CCCCc1cn(CC2CC3CCN2CC3C(=O)NC(C)C)nn1. The number of fused-ring (bicyclic) bond motifs is 3. The predicted octanol–water partition coefficient (Wildman–Crippen LogP) is 1.86. The van der Waals surface area contributed by atoms with Crippen LogP contribution < -0.4 is 5.32 Å². The number of aryl methyl sites for hydroxylation is 1. The zero-order valence-corrected chi connectivity index (χ0v) is 15.2. The standard InChI is InChI=1S/C18H31N5O/c1-4-5-6-15-10-23(21-20-15)11-16-9-14-7-8-22(16)12-17(14)18(24)19-13(2)3/h10,13-14,16-17H,4-9,11-12H2,1-3H3,(H,19,24). The van der Waals surface area contributed by atoms with Crippen molar-refractivity contribution in [2.24, 2.45) is 11.8 Å². The van der Waals surface area contributed by atoms with Gasteiger partial charge in [0, 0.05) is 24.8 Å². The van der Waals surface area contributed by atoms with E-state index in [0.717, 1.165) is 44.6 Å². The lowest BCUT2D eigenvalue weighted by Gasteiger charge is -2.49. The van der Waals surface area contributed by atoms with Crippen LogP contribution in [-0.2, 0) is 17.8 Å². The summed E-state index contributed by atoms with van der Waals surface area (Å²) >= 11 is 0. The summed E-state index contributed by atoms with van der Waals surface area (Å²) < 4.78 is 2.00. The van der Waals surface area contributed by atoms with Crippen LogP contribution in [-0.4, -0.2) is 51.0 Å². The Balaban J connectivity index is 1.56. The van der Waals surface area contributed by atoms with Gasteiger partial charge in [0.05, 0.1) is 18.2 Å². The molecule has 0 radical (unpaired) electrons. The van der Waals surface area contributed by atoms with Gasteiger partial charge in [-0.05, 0) is 52.0 Å². The van der Waals surface area contributed by atoms with Crippen molar-refractivity contribution in [3.05, 3.63) is 11.9 Å². The molecule has 0 spiro atoms. The minimum absolute atomic E-state index is 0.160. The predicted molar refractivity (Wildman–Crippen MR) is 93.5 cm³/mol. The number of carbonyl (C=O) groups excluding carboxylic acids is 1. The van der Waals surface area contributed by atoms with Crippen LogP contribution in [0.25, 0.3) is 0 Å². The lowest BCUT2D eigenvalue weighted by Crippen LogP contribution is -2.58. The second kappa shape index (κ2) is 7.64. The van der Waals surface area contributed by atoms with E-state index in [1.54, 1.807) is 0 Å². The third-order valence-electron chi connectivity index (χ3n) is 5.42. The number of hydrogen-bond acceptors (Lipinski definition) is 4. The highest BCUT2D eigenvalue weighted by Gasteiger charge is 2.43. The second-order valence-electron chi connectivity index (χ2n) is 7.74. The van der Waals surface area contributed by atoms with Gasteiger partial charge in [-0.15, -0.1) is 5.10 Å². The number of piperidine rings is 3. The van der Waals surface area contributed by atoms with Gasteiger partial charge in [-0.1, -0.05) is 18.6 Å². The van der Waals surface area contributed by atoms with E-state index in [-0.39, 0.29) is 17.9 Å². The third-order valence-corrected chi connectivity index (χ3v) is 5.42. The van der Waals surface area contributed by atoms with Crippen LogP contribution in [0.4, 0.5) is 0 Å². The number of amides is 1. The Labute approximate surface area is 145 Å². The zero-order valence-electron chi connectivity index (χ0n) is 15.2. The zero-order chi connectivity index (χ0) is 17.1. The van der Waals surface area contributed by atoms with Crippen molar-refractivity contribution in [2.45, 2.75) is 71.5 Å². The first kappa shape index (κ1) is 17.4. The fourth-order valence-electron chi connectivity index (χ4n) is 4.13. The summed E-state index contributed by atoms with van der Waals surface area (Å²) in [6.07, 6.45) is 7.72. The molecule has 3 saturated heterocycles. The Morgan fingerprint density at radius 2 is 2.29 bits per heavy atom. The van der Waals surface area contributed by atoms with Crippen molar-refractivity contribution in [3.8, 4) is 0 Å². The molecule has 4 rings (SSSR count). The highest BCUT2D eigenvalue weighted by molar-refractivity contribution is 5.79. The molecule has 3 aliphatic rings. The summed E-state index contributed by atoms with van der Waals surface area (Å²) in [5.41, 5.74) is 1.10. The molecule has 0 aromatic carbocycles. The van der Waals surface area contributed by atoms with Gasteiger partial charge >= 0.3 is 0 Å². The van der Waals surface area contributed by atoms with E-state index < -0.39 is 0 Å². The van der Waals surface area contributed by atoms with E-state index >= 15 is 0 Å². The molecule has 6 heteroatoms. The van der Waals surface area contributed by atoms with Crippen molar-refractivity contribution in [1.29, 1.82) is 0 Å². The molecule has 4 heterocycles. The van der Waals surface area contributed by atoms with Gasteiger partial charge in [-0.2, -0.15) is 0 Å². The molecule has 6 nitrogen and oxygen atoms in total. The lowest BCUT2D eigenvalue weighted by molar-refractivity contribution is -0.133. The molecule has 3 fully saturated rings. The van der Waals surface area contributed by atoms with E-state index in [1.807, 2.05) is 18.5 Å². The van der Waals surface area contributed by atoms with Crippen LogP contribution in [0.15, 0.2) is 6.20 Å². The number of unbranched alkanes of at least 4 members (excludes halogenated alkanes) is 1. The highest BCUT2D eigenvalue weighted by Crippen LogP contribution is 2.36. The van der Waals surface area contributed by atoms with Crippen LogP contribution in [0.2, 0.25) is 0 Å². The normalized spacial score (nSPS) is 29.2. The van der Waals surface area contributed by atoms with Gasteiger partial charge < -0.3 is 5.32 Å². The second-order valence-corrected chi connectivity index (χ2v) is 7.74. The maximum Gasteiger partial charge on any atom is 0.224 e. The Hall–Kier alpha value is -1.43. The first-order chi connectivity index (χ1) is 11.6. The van der Waals surface area contributed by atoms with Crippen molar-refractivity contribution in [2.75, 3.05) is 13.1 Å². The topological polar surface area (TPSA) is 63.1 Å². The van der Waals surface area contributed by atoms with Crippen molar-refractivity contribution >= 4 is 5.91 Å². The number of hydrogen-bond donors (Lipinski definition) is 1. The molecule has 2 bridgehead atoms. The third kappa shape index (κ3) is 3.97. The van der Waals surface area contributed by atoms with Gasteiger partial charge in [0.15, 0.2) is 0 Å². The molecule has 1 amide bonds. The highest BCUT2D eigenvalue weighted by atomic mass is 16.2. The number of aromatic nitrogens is 3. The molecule has 0 aliphatic carbocycles. The quantitative estimate of drug-likeness (QED) is 0.827. The molecule has 3 aliphatic heterocycles. The summed E-state index contributed by atoms with van der Waals surface area (Å²) in [5, 5.41) is 11.7. The van der Waals surface area contributed by atoms with Crippen LogP contribution in [0.3, 0.4) is 0 Å². The van der Waals surface area contributed by atoms with Crippen LogP contribution in [0, 0.1) is 11.8 Å². The van der Waals surface area contributed by atoms with Crippen LogP contribution in [0.5, 0.6) is 0 Å². The number of nitrogens with one attached hydrogen (secondary N) is 1.